The first-order valence-electron chi connectivity index (χ1n) is 8.87. The lowest BCUT2D eigenvalue weighted by molar-refractivity contribution is -0.139. The molecule has 4 nitrogen and oxygen atoms in total. The Hall–Kier alpha value is -1.01. The number of aromatic hydroxyl groups is 1. The topological polar surface area (TPSA) is 63.6 Å². The molecule has 0 aliphatic carbocycles. The van der Waals surface area contributed by atoms with Crippen molar-refractivity contribution in [1.29, 1.82) is 0 Å². The van der Waals surface area contributed by atoms with E-state index in [1.54, 1.807) is 6.92 Å². The van der Waals surface area contributed by atoms with Gasteiger partial charge in [-0.2, -0.15) is 0 Å². The average molecular weight is 401 g/mol. The van der Waals surface area contributed by atoms with Crippen molar-refractivity contribution in [1.82, 2.24) is 0 Å². The first-order valence-corrected chi connectivity index (χ1v) is 11.3. The minimum Gasteiger partial charge on any atom is -0.507 e. The van der Waals surface area contributed by atoms with Crippen LogP contribution in [0.15, 0.2) is 17.0 Å². The fourth-order valence-electron chi connectivity index (χ4n) is 2.49. The third-order valence-corrected chi connectivity index (χ3v) is 6.43. The van der Waals surface area contributed by atoms with Crippen molar-refractivity contribution in [2.45, 2.75) is 64.2 Å². The molecule has 0 fully saturated rings. The molecule has 0 amide bonds. The van der Waals surface area contributed by atoms with Gasteiger partial charge in [-0.3, -0.25) is 9.00 Å². The van der Waals surface area contributed by atoms with E-state index in [-0.39, 0.29) is 22.6 Å². The molecule has 1 unspecified atom stereocenters. The van der Waals surface area contributed by atoms with Crippen molar-refractivity contribution < 1.29 is 18.8 Å². The van der Waals surface area contributed by atoms with Gasteiger partial charge in [-0.15, -0.1) is 11.8 Å². The number of rotatable bonds is 7. The first-order chi connectivity index (χ1) is 11.9. The number of hydrogen-bond acceptors (Lipinski definition) is 5. The van der Waals surface area contributed by atoms with Gasteiger partial charge in [-0.1, -0.05) is 41.5 Å². The van der Waals surface area contributed by atoms with Crippen LogP contribution < -0.4 is 0 Å². The summed E-state index contributed by atoms with van der Waals surface area (Å²) in [7, 11) is -1.18. The van der Waals surface area contributed by atoms with E-state index in [9.17, 15) is 14.1 Å². The molecule has 1 rings (SSSR count). The Balaban J connectivity index is 2.98. The molecular weight excluding hydrogens is 368 g/mol. The van der Waals surface area contributed by atoms with Crippen molar-refractivity contribution in [2.75, 3.05) is 23.9 Å². The fraction of sp³-hybridized carbons (Fsp3) is 0.650. The molecule has 148 valence electrons. The Labute approximate surface area is 164 Å². The molecule has 1 N–H and O–H groups in total. The normalized spacial score (nSPS) is 13.5. The molecule has 26 heavy (non-hydrogen) atoms. The number of hydrogen-bond donors (Lipinski definition) is 1. The van der Waals surface area contributed by atoms with Crippen molar-refractivity contribution >= 4 is 28.5 Å². The van der Waals surface area contributed by atoms with E-state index >= 15 is 0 Å². The maximum atomic E-state index is 12.8. The van der Waals surface area contributed by atoms with Crippen LogP contribution in [0.2, 0.25) is 0 Å². The lowest BCUT2D eigenvalue weighted by Gasteiger charge is -2.28. The van der Waals surface area contributed by atoms with E-state index in [1.807, 2.05) is 53.7 Å². The molecule has 0 aromatic heterocycles. The molecule has 0 saturated heterocycles. The number of thioether (sulfide) groups is 1. The number of phenolic OH excluding ortho intramolecular Hbond substituents is 1. The number of phenols is 1. The van der Waals surface area contributed by atoms with Gasteiger partial charge in [0.2, 0.25) is 0 Å². The van der Waals surface area contributed by atoms with E-state index < -0.39 is 10.8 Å². The van der Waals surface area contributed by atoms with E-state index in [2.05, 4.69) is 0 Å². The highest BCUT2D eigenvalue weighted by Crippen LogP contribution is 2.40. The van der Waals surface area contributed by atoms with Gasteiger partial charge in [0.05, 0.1) is 23.2 Å². The molecular formula is C20H32O4S2. The van der Waals surface area contributed by atoms with Gasteiger partial charge in [0.15, 0.2) is 0 Å². The Kier molecular flexibility index (Phi) is 8.21. The van der Waals surface area contributed by atoms with Gasteiger partial charge in [0.25, 0.3) is 0 Å². The van der Waals surface area contributed by atoms with Gasteiger partial charge < -0.3 is 9.84 Å². The zero-order chi connectivity index (χ0) is 20.1. The second-order valence-electron chi connectivity index (χ2n) is 8.27. The highest BCUT2D eigenvalue weighted by atomic mass is 32.2. The van der Waals surface area contributed by atoms with Crippen LogP contribution >= 0.6 is 11.8 Å². The van der Waals surface area contributed by atoms with Crippen LogP contribution in [0.4, 0.5) is 0 Å². The zero-order valence-corrected chi connectivity index (χ0v) is 18.6. The van der Waals surface area contributed by atoms with Crippen LogP contribution in [0.25, 0.3) is 0 Å². The molecule has 0 saturated carbocycles. The van der Waals surface area contributed by atoms with Crippen LogP contribution in [0, 0.1) is 0 Å². The largest absolute Gasteiger partial charge is 0.507 e. The molecule has 1 atom stereocenters. The van der Waals surface area contributed by atoms with Gasteiger partial charge in [0, 0.05) is 27.5 Å². The summed E-state index contributed by atoms with van der Waals surface area (Å²) < 4.78 is 17.7. The molecule has 0 radical (unpaired) electrons. The molecule has 6 heteroatoms. The summed E-state index contributed by atoms with van der Waals surface area (Å²) in [6.45, 7) is 14.4. The van der Waals surface area contributed by atoms with Crippen molar-refractivity contribution in [3.63, 3.8) is 0 Å². The summed E-state index contributed by atoms with van der Waals surface area (Å²) in [5.74, 6) is 1.41. The van der Waals surface area contributed by atoms with Crippen molar-refractivity contribution in [3.05, 3.63) is 23.3 Å². The van der Waals surface area contributed by atoms with Gasteiger partial charge in [-0.25, -0.2) is 0 Å². The second kappa shape index (κ2) is 9.27. The number of esters is 1. The fourth-order valence-corrected chi connectivity index (χ4v) is 4.70. The summed E-state index contributed by atoms with van der Waals surface area (Å²) >= 11 is 1.43. The molecule has 0 heterocycles. The Morgan fingerprint density at radius 3 is 2.04 bits per heavy atom. The summed E-state index contributed by atoms with van der Waals surface area (Å²) in [5.41, 5.74) is 1.13. The van der Waals surface area contributed by atoms with Crippen molar-refractivity contribution in [3.8, 4) is 5.75 Å². The number of carbonyl (C=O) groups excluding carboxylic acids is 1. The summed E-state index contributed by atoms with van der Waals surface area (Å²) in [6, 6.07) is 3.72. The molecule has 0 bridgehead atoms. The Morgan fingerprint density at radius 1 is 1.12 bits per heavy atom. The Morgan fingerprint density at radius 2 is 1.62 bits per heavy atom. The van der Waals surface area contributed by atoms with Crippen molar-refractivity contribution in [2.24, 2.45) is 0 Å². The molecule has 0 aliphatic rings. The van der Waals surface area contributed by atoms with Gasteiger partial charge >= 0.3 is 5.97 Å². The number of ether oxygens (including phenoxy) is 1. The summed E-state index contributed by atoms with van der Waals surface area (Å²) in [4.78, 5) is 12.1. The minimum absolute atomic E-state index is 0.238. The van der Waals surface area contributed by atoms with Gasteiger partial charge in [0.1, 0.15) is 5.75 Å². The standard InChI is InChI=1S/C20H32O4S2/c1-8-24-17(21)13-25-9-10-26(23)14-11-15(19(2,3)4)18(22)16(12-14)20(5,6)7/h11-12,22H,8-10,13H2,1-7H3. The summed E-state index contributed by atoms with van der Waals surface area (Å²) in [6.07, 6.45) is 0. The maximum absolute atomic E-state index is 12.8. The third-order valence-electron chi connectivity index (χ3n) is 3.90. The monoisotopic (exact) mass is 400 g/mol. The highest BCUT2D eigenvalue weighted by Gasteiger charge is 2.27. The average Bonchev–Trinajstić information content (AvgIpc) is 2.49. The Bertz CT molecular complexity index is 620. The quantitative estimate of drug-likeness (QED) is 0.543. The smallest absolute Gasteiger partial charge is 0.315 e. The van der Waals surface area contributed by atoms with E-state index in [0.29, 0.717) is 23.9 Å². The number of carbonyl (C=O) groups is 1. The highest BCUT2D eigenvalue weighted by molar-refractivity contribution is 8.00. The lowest BCUT2D eigenvalue weighted by atomic mass is 9.79. The summed E-state index contributed by atoms with van der Waals surface area (Å²) in [5, 5.41) is 10.7. The predicted octanol–water partition coefficient (Wildman–Crippen LogP) is 4.39. The van der Waals surface area contributed by atoms with Crippen LogP contribution in [0.5, 0.6) is 5.75 Å². The molecule has 0 spiro atoms. The van der Waals surface area contributed by atoms with E-state index in [0.717, 1.165) is 16.0 Å². The SMILES string of the molecule is CCOC(=O)CSCCS(=O)c1cc(C(C)(C)C)c(O)c(C(C)(C)C)c1. The number of benzene rings is 1. The van der Waals surface area contributed by atoms with Crippen LogP contribution in [0.3, 0.4) is 0 Å². The van der Waals surface area contributed by atoms with E-state index in [1.165, 1.54) is 11.8 Å². The van der Waals surface area contributed by atoms with Crippen LogP contribution in [0.1, 0.15) is 59.6 Å². The molecule has 0 aliphatic heterocycles. The minimum atomic E-state index is -1.18. The zero-order valence-electron chi connectivity index (χ0n) is 17.0. The first kappa shape index (κ1) is 23.0. The van der Waals surface area contributed by atoms with Crippen LogP contribution in [-0.2, 0) is 31.2 Å². The molecule has 1 aromatic rings. The molecule has 1 aromatic carbocycles. The van der Waals surface area contributed by atoms with E-state index in [4.69, 9.17) is 4.74 Å². The maximum Gasteiger partial charge on any atom is 0.315 e. The predicted molar refractivity (Wildman–Crippen MR) is 111 cm³/mol. The lowest BCUT2D eigenvalue weighted by Crippen LogP contribution is -2.18. The van der Waals surface area contributed by atoms with Gasteiger partial charge in [-0.05, 0) is 29.9 Å². The third kappa shape index (κ3) is 6.62. The second-order valence-corrected chi connectivity index (χ2v) is 11.0. The van der Waals surface area contributed by atoms with Crippen LogP contribution in [-0.4, -0.2) is 39.2 Å².